The average Bonchev–Trinajstić information content (AvgIpc) is 2.29. The summed E-state index contributed by atoms with van der Waals surface area (Å²) in [6.45, 7) is 3.52. The second kappa shape index (κ2) is 5.89. The van der Waals surface area contributed by atoms with E-state index in [1.807, 2.05) is 6.92 Å². The third-order valence-corrected chi connectivity index (χ3v) is 2.62. The molecule has 0 heterocycles. The highest BCUT2D eigenvalue weighted by Gasteiger charge is 2.16. The van der Waals surface area contributed by atoms with Crippen LogP contribution in [-0.4, -0.2) is 19.1 Å². The van der Waals surface area contributed by atoms with Crippen LogP contribution in [0, 0.1) is 0 Å². The summed E-state index contributed by atoms with van der Waals surface area (Å²) >= 11 is 5.90. The normalized spacial score (nSPS) is 13.9. The van der Waals surface area contributed by atoms with Gasteiger partial charge in [0.25, 0.3) is 5.91 Å². The first-order chi connectivity index (χ1) is 7.95. The fraction of sp³-hybridized carbons (Fsp3) is 0.417. The average molecular weight is 257 g/mol. The number of amides is 1. The van der Waals surface area contributed by atoms with E-state index in [-0.39, 0.29) is 11.9 Å². The standard InChI is InChI=1S/C12H17ClN2O2/c1-7(14)10-6-9(13)4-5-11(10)17-8(2)12(16)15-3/h4-8H,14H2,1-3H3,(H,15,16)/t7-,8?/m0/s1. The van der Waals surface area contributed by atoms with Gasteiger partial charge in [-0.3, -0.25) is 4.79 Å². The first kappa shape index (κ1) is 13.8. The zero-order valence-corrected chi connectivity index (χ0v) is 10.9. The number of benzene rings is 1. The Morgan fingerprint density at radius 3 is 2.65 bits per heavy atom. The third-order valence-electron chi connectivity index (χ3n) is 2.38. The lowest BCUT2D eigenvalue weighted by Gasteiger charge is -2.18. The maximum Gasteiger partial charge on any atom is 0.260 e. The van der Waals surface area contributed by atoms with Crippen molar-refractivity contribution in [3.63, 3.8) is 0 Å². The molecule has 1 rings (SSSR count). The van der Waals surface area contributed by atoms with Crippen LogP contribution in [-0.2, 0) is 4.79 Å². The second-order valence-electron chi connectivity index (χ2n) is 3.85. The SMILES string of the molecule is CNC(=O)C(C)Oc1ccc(Cl)cc1[C@H](C)N. The van der Waals surface area contributed by atoms with E-state index in [1.54, 1.807) is 32.2 Å². The van der Waals surface area contributed by atoms with Gasteiger partial charge in [0.05, 0.1) is 0 Å². The summed E-state index contributed by atoms with van der Waals surface area (Å²) < 4.78 is 5.56. The van der Waals surface area contributed by atoms with Crippen molar-refractivity contribution in [3.8, 4) is 5.75 Å². The Bertz CT molecular complexity index is 407. The van der Waals surface area contributed by atoms with E-state index in [9.17, 15) is 4.79 Å². The number of likely N-dealkylation sites (N-methyl/N-ethyl adjacent to an activating group) is 1. The number of hydrogen-bond donors (Lipinski definition) is 2. The van der Waals surface area contributed by atoms with Crippen LogP contribution >= 0.6 is 11.6 Å². The van der Waals surface area contributed by atoms with Crippen molar-refractivity contribution in [2.45, 2.75) is 26.0 Å². The van der Waals surface area contributed by atoms with Crippen molar-refractivity contribution in [2.24, 2.45) is 5.73 Å². The number of carbonyl (C=O) groups excluding carboxylic acids is 1. The molecule has 0 aliphatic rings. The van der Waals surface area contributed by atoms with Crippen molar-refractivity contribution >= 4 is 17.5 Å². The fourth-order valence-corrected chi connectivity index (χ4v) is 1.61. The monoisotopic (exact) mass is 256 g/mol. The van der Waals surface area contributed by atoms with Crippen molar-refractivity contribution in [1.82, 2.24) is 5.32 Å². The Morgan fingerprint density at radius 1 is 1.47 bits per heavy atom. The first-order valence-electron chi connectivity index (χ1n) is 5.39. The van der Waals surface area contributed by atoms with Crippen LogP contribution < -0.4 is 15.8 Å². The molecule has 17 heavy (non-hydrogen) atoms. The van der Waals surface area contributed by atoms with Crippen LogP contribution in [0.25, 0.3) is 0 Å². The molecule has 1 aromatic rings. The minimum atomic E-state index is -0.571. The molecule has 4 nitrogen and oxygen atoms in total. The van der Waals surface area contributed by atoms with E-state index in [2.05, 4.69) is 5.32 Å². The van der Waals surface area contributed by atoms with Crippen molar-refractivity contribution in [1.29, 1.82) is 0 Å². The van der Waals surface area contributed by atoms with Gasteiger partial charge in [-0.1, -0.05) is 11.6 Å². The summed E-state index contributed by atoms with van der Waals surface area (Å²) in [6.07, 6.45) is -0.571. The molecule has 0 aliphatic heterocycles. The molecular formula is C12H17ClN2O2. The number of ether oxygens (including phenoxy) is 1. The molecule has 3 N–H and O–H groups in total. The van der Waals surface area contributed by atoms with Crippen LogP contribution in [0.15, 0.2) is 18.2 Å². The number of carbonyl (C=O) groups is 1. The van der Waals surface area contributed by atoms with Crippen LogP contribution in [0.1, 0.15) is 25.5 Å². The van der Waals surface area contributed by atoms with Gasteiger partial charge in [0.2, 0.25) is 0 Å². The van der Waals surface area contributed by atoms with E-state index >= 15 is 0 Å². The number of hydrogen-bond acceptors (Lipinski definition) is 3. The topological polar surface area (TPSA) is 64.3 Å². The van der Waals surface area contributed by atoms with Gasteiger partial charge in [0, 0.05) is 23.7 Å². The molecule has 0 radical (unpaired) electrons. The maximum absolute atomic E-state index is 11.4. The summed E-state index contributed by atoms with van der Waals surface area (Å²) in [5, 5.41) is 3.12. The smallest absolute Gasteiger partial charge is 0.260 e. The predicted octanol–water partition coefficient (Wildman–Crippen LogP) is 1.87. The van der Waals surface area contributed by atoms with Crippen LogP contribution in [0.3, 0.4) is 0 Å². The molecule has 0 spiro atoms. The summed E-state index contributed by atoms with van der Waals surface area (Å²) in [7, 11) is 1.57. The fourth-order valence-electron chi connectivity index (χ4n) is 1.43. The Kier molecular flexibility index (Phi) is 4.78. The van der Waals surface area contributed by atoms with Gasteiger partial charge < -0.3 is 15.8 Å². The van der Waals surface area contributed by atoms with Gasteiger partial charge in [0.1, 0.15) is 5.75 Å². The summed E-state index contributed by atoms with van der Waals surface area (Å²) in [6, 6.07) is 4.97. The Morgan fingerprint density at radius 2 is 2.12 bits per heavy atom. The van der Waals surface area contributed by atoms with Crippen molar-refractivity contribution in [2.75, 3.05) is 7.05 Å². The highest BCUT2D eigenvalue weighted by atomic mass is 35.5. The van der Waals surface area contributed by atoms with Crippen LogP contribution in [0.2, 0.25) is 5.02 Å². The van der Waals surface area contributed by atoms with Gasteiger partial charge in [-0.2, -0.15) is 0 Å². The van der Waals surface area contributed by atoms with E-state index in [1.165, 1.54) is 0 Å². The number of halogens is 1. The number of nitrogens with one attached hydrogen (secondary N) is 1. The molecule has 2 atom stereocenters. The summed E-state index contributed by atoms with van der Waals surface area (Å²) in [5.41, 5.74) is 6.61. The summed E-state index contributed by atoms with van der Waals surface area (Å²) in [4.78, 5) is 11.4. The molecule has 1 unspecified atom stereocenters. The molecule has 1 aromatic carbocycles. The lowest BCUT2D eigenvalue weighted by molar-refractivity contribution is -0.126. The molecule has 5 heteroatoms. The second-order valence-corrected chi connectivity index (χ2v) is 4.28. The lowest BCUT2D eigenvalue weighted by Crippen LogP contribution is -2.34. The largest absolute Gasteiger partial charge is 0.481 e. The Hall–Kier alpha value is -1.26. The molecule has 0 aromatic heterocycles. The quantitative estimate of drug-likeness (QED) is 0.865. The molecular weight excluding hydrogens is 240 g/mol. The van der Waals surface area contributed by atoms with Crippen molar-refractivity contribution in [3.05, 3.63) is 28.8 Å². The van der Waals surface area contributed by atoms with Crippen molar-refractivity contribution < 1.29 is 9.53 Å². The van der Waals surface area contributed by atoms with Gasteiger partial charge in [-0.05, 0) is 32.0 Å². The maximum atomic E-state index is 11.4. The van der Waals surface area contributed by atoms with Crippen LogP contribution in [0.4, 0.5) is 0 Å². The minimum absolute atomic E-state index is 0.185. The molecule has 0 bridgehead atoms. The highest BCUT2D eigenvalue weighted by molar-refractivity contribution is 6.30. The zero-order chi connectivity index (χ0) is 13.0. The minimum Gasteiger partial charge on any atom is -0.481 e. The molecule has 0 saturated heterocycles. The highest BCUT2D eigenvalue weighted by Crippen LogP contribution is 2.27. The molecule has 1 amide bonds. The van der Waals surface area contributed by atoms with Gasteiger partial charge in [-0.15, -0.1) is 0 Å². The van der Waals surface area contributed by atoms with Gasteiger partial charge >= 0.3 is 0 Å². The molecule has 0 aliphatic carbocycles. The van der Waals surface area contributed by atoms with Gasteiger partial charge in [-0.25, -0.2) is 0 Å². The summed E-state index contributed by atoms with van der Waals surface area (Å²) in [5.74, 6) is 0.399. The zero-order valence-electron chi connectivity index (χ0n) is 10.2. The molecule has 94 valence electrons. The van der Waals surface area contributed by atoms with E-state index in [0.29, 0.717) is 10.8 Å². The third kappa shape index (κ3) is 3.61. The van der Waals surface area contributed by atoms with E-state index < -0.39 is 6.10 Å². The number of nitrogens with two attached hydrogens (primary N) is 1. The predicted molar refractivity (Wildman–Crippen MR) is 68.2 cm³/mol. The molecule has 0 saturated carbocycles. The van der Waals surface area contributed by atoms with Crippen LogP contribution in [0.5, 0.6) is 5.75 Å². The Balaban J connectivity index is 2.94. The van der Waals surface area contributed by atoms with E-state index in [0.717, 1.165) is 5.56 Å². The first-order valence-corrected chi connectivity index (χ1v) is 5.76. The Labute approximate surface area is 106 Å². The van der Waals surface area contributed by atoms with Gasteiger partial charge in [0.15, 0.2) is 6.10 Å². The number of rotatable bonds is 4. The lowest BCUT2D eigenvalue weighted by atomic mass is 10.1. The van der Waals surface area contributed by atoms with E-state index in [4.69, 9.17) is 22.1 Å². The molecule has 0 fully saturated rings.